The summed E-state index contributed by atoms with van der Waals surface area (Å²) in [6.45, 7) is 1.36. The van der Waals surface area contributed by atoms with Gasteiger partial charge in [0, 0.05) is 24.2 Å². The highest BCUT2D eigenvalue weighted by molar-refractivity contribution is 6.09. The molecule has 0 saturated heterocycles. The van der Waals surface area contributed by atoms with E-state index in [2.05, 4.69) is 0 Å². The molecule has 21 heavy (non-hydrogen) atoms. The highest BCUT2D eigenvalue weighted by atomic mass is 35.5. The number of benzene rings is 2. The van der Waals surface area contributed by atoms with Crippen LogP contribution in [0.25, 0.3) is 0 Å². The predicted molar refractivity (Wildman–Crippen MR) is 87.0 cm³/mol. The number of aliphatic hydroxyl groups is 1. The number of hydrogen-bond acceptors (Lipinski definition) is 3. The van der Waals surface area contributed by atoms with Gasteiger partial charge < -0.3 is 5.11 Å². The zero-order valence-electron chi connectivity index (χ0n) is 12.0. The van der Waals surface area contributed by atoms with Crippen molar-refractivity contribution >= 4 is 18.2 Å². The minimum Gasteiger partial charge on any atom is -0.395 e. The van der Waals surface area contributed by atoms with Gasteiger partial charge in [-0.15, -0.1) is 12.4 Å². The summed E-state index contributed by atoms with van der Waals surface area (Å²) in [4.78, 5) is 14.5. The van der Waals surface area contributed by atoms with Crippen LogP contribution in [0.5, 0.6) is 0 Å². The molecule has 1 N–H and O–H groups in total. The fourth-order valence-corrected chi connectivity index (χ4v) is 2.17. The molecule has 2 aromatic carbocycles. The topological polar surface area (TPSA) is 40.5 Å². The van der Waals surface area contributed by atoms with E-state index in [1.165, 1.54) is 0 Å². The van der Waals surface area contributed by atoms with E-state index in [0.717, 1.165) is 11.1 Å². The van der Waals surface area contributed by atoms with Crippen LogP contribution in [0.4, 0.5) is 0 Å². The summed E-state index contributed by atoms with van der Waals surface area (Å²) in [5, 5.41) is 8.96. The van der Waals surface area contributed by atoms with Crippen LogP contribution in [0.1, 0.15) is 21.5 Å². The molecule has 0 aliphatic carbocycles. The van der Waals surface area contributed by atoms with E-state index in [4.69, 9.17) is 5.11 Å². The molecule has 0 unspecified atom stereocenters. The number of ketones is 1. The van der Waals surface area contributed by atoms with E-state index in [0.29, 0.717) is 18.7 Å². The number of likely N-dealkylation sites (N-methyl/N-ethyl adjacent to an activating group) is 1. The number of aliphatic hydroxyl groups excluding tert-OH is 1. The van der Waals surface area contributed by atoms with Crippen LogP contribution in [0.3, 0.4) is 0 Å². The molecule has 3 nitrogen and oxygen atoms in total. The van der Waals surface area contributed by atoms with Crippen molar-refractivity contribution in [2.24, 2.45) is 0 Å². The van der Waals surface area contributed by atoms with Gasteiger partial charge >= 0.3 is 0 Å². The van der Waals surface area contributed by atoms with Crippen molar-refractivity contribution in [3.63, 3.8) is 0 Å². The molecule has 0 atom stereocenters. The zero-order chi connectivity index (χ0) is 14.4. The molecular weight excluding hydrogens is 286 g/mol. The molecule has 0 fully saturated rings. The Labute approximate surface area is 131 Å². The van der Waals surface area contributed by atoms with Crippen molar-refractivity contribution in [1.29, 1.82) is 0 Å². The van der Waals surface area contributed by atoms with Gasteiger partial charge in [0.15, 0.2) is 5.78 Å². The molecule has 0 aromatic heterocycles. The average molecular weight is 306 g/mol. The van der Waals surface area contributed by atoms with Gasteiger partial charge in [0.1, 0.15) is 0 Å². The molecule has 0 aliphatic rings. The maximum absolute atomic E-state index is 12.5. The monoisotopic (exact) mass is 305 g/mol. The summed E-state index contributed by atoms with van der Waals surface area (Å²) >= 11 is 0. The Bertz CT molecular complexity index is 572. The highest BCUT2D eigenvalue weighted by Gasteiger charge is 2.13. The third-order valence-corrected chi connectivity index (χ3v) is 3.22. The SMILES string of the molecule is CN(CCO)Cc1ccccc1C(=O)c1ccccc1.Cl. The summed E-state index contributed by atoms with van der Waals surface area (Å²) in [5.41, 5.74) is 2.41. The van der Waals surface area contributed by atoms with Gasteiger partial charge in [-0.2, -0.15) is 0 Å². The van der Waals surface area contributed by atoms with Crippen LogP contribution in [0.2, 0.25) is 0 Å². The van der Waals surface area contributed by atoms with Gasteiger partial charge in [-0.05, 0) is 12.6 Å². The molecule has 0 spiro atoms. The lowest BCUT2D eigenvalue weighted by Gasteiger charge is -2.17. The van der Waals surface area contributed by atoms with Crippen molar-refractivity contribution in [3.8, 4) is 0 Å². The first-order chi connectivity index (χ1) is 9.72. The number of hydrogen-bond donors (Lipinski definition) is 1. The van der Waals surface area contributed by atoms with E-state index in [1.807, 2.05) is 66.5 Å². The minimum absolute atomic E-state index is 0. The normalized spacial score (nSPS) is 10.2. The predicted octanol–water partition coefficient (Wildman–Crippen LogP) is 2.76. The number of rotatable bonds is 6. The summed E-state index contributed by atoms with van der Waals surface area (Å²) in [7, 11) is 1.93. The van der Waals surface area contributed by atoms with Crippen molar-refractivity contribution in [2.45, 2.75) is 6.54 Å². The third kappa shape index (κ3) is 4.67. The zero-order valence-corrected chi connectivity index (χ0v) is 12.8. The van der Waals surface area contributed by atoms with E-state index < -0.39 is 0 Å². The van der Waals surface area contributed by atoms with E-state index in [9.17, 15) is 4.79 Å². The molecule has 0 radical (unpaired) electrons. The van der Waals surface area contributed by atoms with Crippen LogP contribution in [0.15, 0.2) is 54.6 Å². The number of nitrogens with zero attached hydrogens (tertiary/aromatic N) is 1. The molecule has 2 aromatic rings. The van der Waals surface area contributed by atoms with Gasteiger partial charge in [-0.25, -0.2) is 0 Å². The van der Waals surface area contributed by atoms with Gasteiger partial charge in [0.05, 0.1) is 6.61 Å². The molecule has 2 rings (SSSR count). The second-order valence-corrected chi connectivity index (χ2v) is 4.81. The van der Waals surface area contributed by atoms with Crippen LogP contribution in [-0.2, 0) is 6.54 Å². The largest absolute Gasteiger partial charge is 0.395 e. The van der Waals surface area contributed by atoms with Crippen LogP contribution in [0, 0.1) is 0 Å². The van der Waals surface area contributed by atoms with E-state index >= 15 is 0 Å². The summed E-state index contributed by atoms with van der Waals surface area (Å²) in [6, 6.07) is 16.9. The molecule has 0 saturated carbocycles. The second kappa shape index (κ2) is 8.57. The van der Waals surface area contributed by atoms with Crippen molar-refractivity contribution in [3.05, 3.63) is 71.3 Å². The molecule has 0 aliphatic heterocycles. The average Bonchev–Trinajstić information content (AvgIpc) is 2.48. The first kappa shape index (κ1) is 17.4. The maximum Gasteiger partial charge on any atom is 0.193 e. The fraction of sp³-hybridized carbons (Fsp3) is 0.235. The summed E-state index contributed by atoms with van der Waals surface area (Å²) in [5.74, 6) is 0.0404. The van der Waals surface area contributed by atoms with E-state index in [1.54, 1.807) is 0 Å². The van der Waals surface area contributed by atoms with Crippen molar-refractivity contribution in [2.75, 3.05) is 20.2 Å². The Morgan fingerprint density at radius 1 is 1.05 bits per heavy atom. The first-order valence-electron chi connectivity index (χ1n) is 6.69. The van der Waals surface area contributed by atoms with Crippen LogP contribution >= 0.6 is 12.4 Å². The lowest BCUT2D eigenvalue weighted by molar-refractivity contribution is 0.103. The molecule has 0 heterocycles. The minimum atomic E-state index is 0. The van der Waals surface area contributed by atoms with Gasteiger partial charge in [-0.1, -0.05) is 54.6 Å². The van der Waals surface area contributed by atoms with Crippen LogP contribution < -0.4 is 0 Å². The standard InChI is InChI=1S/C17H19NO2.ClH/c1-18(11-12-19)13-15-9-5-6-10-16(15)17(20)14-7-3-2-4-8-14;/h2-10,19H,11-13H2,1H3;1H. The Morgan fingerprint density at radius 2 is 1.67 bits per heavy atom. The Balaban J connectivity index is 0.00000220. The number of carbonyl (C=O) groups is 1. The fourth-order valence-electron chi connectivity index (χ4n) is 2.17. The molecule has 112 valence electrons. The second-order valence-electron chi connectivity index (χ2n) is 4.81. The van der Waals surface area contributed by atoms with Gasteiger partial charge in [0.25, 0.3) is 0 Å². The lowest BCUT2D eigenvalue weighted by atomic mass is 9.98. The summed E-state index contributed by atoms with van der Waals surface area (Å²) < 4.78 is 0. The first-order valence-corrected chi connectivity index (χ1v) is 6.69. The number of carbonyl (C=O) groups excluding carboxylic acids is 1. The van der Waals surface area contributed by atoms with Crippen LogP contribution in [-0.4, -0.2) is 36.0 Å². The Morgan fingerprint density at radius 3 is 2.33 bits per heavy atom. The molecular formula is C17H20ClNO2. The number of halogens is 1. The van der Waals surface area contributed by atoms with E-state index in [-0.39, 0.29) is 24.8 Å². The smallest absolute Gasteiger partial charge is 0.193 e. The van der Waals surface area contributed by atoms with Crippen molar-refractivity contribution in [1.82, 2.24) is 4.90 Å². The molecule has 4 heteroatoms. The third-order valence-electron chi connectivity index (χ3n) is 3.22. The highest BCUT2D eigenvalue weighted by Crippen LogP contribution is 2.16. The lowest BCUT2D eigenvalue weighted by Crippen LogP contribution is -2.22. The Hall–Kier alpha value is -1.68. The Kier molecular flexibility index (Phi) is 7.09. The van der Waals surface area contributed by atoms with Gasteiger partial charge in [-0.3, -0.25) is 9.69 Å². The molecule has 0 amide bonds. The molecule has 0 bridgehead atoms. The maximum atomic E-state index is 12.5. The van der Waals surface area contributed by atoms with Gasteiger partial charge in [0.2, 0.25) is 0 Å². The quantitative estimate of drug-likeness (QED) is 0.834. The summed E-state index contributed by atoms with van der Waals surface area (Å²) in [6.07, 6.45) is 0. The van der Waals surface area contributed by atoms with Crippen molar-refractivity contribution < 1.29 is 9.90 Å².